The standard InChI is InChI=1S/C38H73NO5/c1-3-5-6-7-8-9-10-11-12-13-14-15-16-17-18-19-20-21-22-23-24-25-29-33-38(43)44-35(30-4-2)31-27-26-28-32-36(40)39-34-37(41)42/h35H,3-34H2,1-2H3,(H,39,40)(H,41,42). The number of carbonyl (C=O) groups is 3. The highest BCUT2D eigenvalue weighted by Crippen LogP contribution is 2.17. The fourth-order valence-electron chi connectivity index (χ4n) is 5.98. The summed E-state index contributed by atoms with van der Waals surface area (Å²) < 4.78 is 5.75. The van der Waals surface area contributed by atoms with Crippen molar-refractivity contribution in [3.8, 4) is 0 Å². The van der Waals surface area contributed by atoms with Crippen molar-refractivity contribution in [3.05, 3.63) is 0 Å². The van der Waals surface area contributed by atoms with Crippen LogP contribution in [0.4, 0.5) is 0 Å². The number of unbranched alkanes of at least 4 members (excludes halogenated alkanes) is 24. The van der Waals surface area contributed by atoms with E-state index in [-0.39, 0.29) is 24.5 Å². The summed E-state index contributed by atoms with van der Waals surface area (Å²) in [7, 11) is 0. The number of esters is 1. The Hall–Kier alpha value is -1.59. The molecule has 0 saturated carbocycles. The van der Waals surface area contributed by atoms with Gasteiger partial charge >= 0.3 is 11.9 Å². The molecule has 0 aromatic rings. The summed E-state index contributed by atoms with van der Waals surface area (Å²) in [6.07, 6.45) is 37.5. The van der Waals surface area contributed by atoms with E-state index in [4.69, 9.17) is 9.84 Å². The minimum absolute atomic E-state index is 0.0297. The van der Waals surface area contributed by atoms with Crippen LogP contribution in [0, 0.1) is 0 Å². The van der Waals surface area contributed by atoms with Crippen molar-refractivity contribution in [1.82, 2.24) is 5.32 Å². The van der Waals surface area contributed by atoms with E-state index in [9.17, 15) is 14.4 Å². The number of carbonyl (C=O) groups excluding carboxylic acids is 2. The summed E-state index contributed by atoms with van der Waals surface area (Å²) in [5.41, 5.74) is 0. The van der Waals surface area contributed by atoms with Crippen molar-refractivity contribution in [1.29, 1.82) is 0 Å². The fraction of sp³-hybridized carbons (Fsp3) is 0.921. The number of carboxylic acids is 1. The van der Waals surface area contributed by atoms with E-state index in [1.807, 2.05) is 0 Å². The van der Waals surface area contributed by atoms with Crippen LogP contribution in [0.5, 0.6) is 0 Å². The minimum Gasteiger partial charge on any atom is -0.480 e. The van der Waals surface area contributed by atoms with E-state index in [1.165, 1.54) is 135 Å². The van der Waals surface area contributed by atoms with Crippen molar-refractivity contribution in [3.63, 3.8) is 0 Å². The predicted molar refractivity (Wildman–Crippen MR) is 185 cm³/mol. The second-order valence-corrected chi connectivity index (χ2v) is 13.2. The lowest BCUT2D eigenvalue weighted by atomic mass is 10.0. The van der Waals surface area contributed by atoms with Crippen LogP contribution in [0.2, 0.25) is 0 Å². The highest BCUT2D eigenvalue weighted by atomic mass is 16.5. The second kappa shape index (κ2) is 34.3. The quantitative estimate of drug-likeness (QED) is 0.0541. The number of aliphatic carboxylic acids is 1. The van der Waals surface area contributed by atoms with Gasteiger partial charge in [0.25, 0.3) is 0 Å². The third kappa shape index (κ3) is 33.3. The van der Waals surface area contributed by atoms with E-state index in [0.717, 1.165) is 51.4 Å². The molecule has 0 heterocycles. The maximum absolute atomic E-state index is 12.3. The molecule has 1 unspecified atom stereocenters. The van der Waals surface area contributed by atoms with Gasteiger partial charge in [0.1, 0.15) is 12.6 Å². The largest absolute Gasteiger partial charge is 0.480 e. The SMILES string of the molecule is CCCCCCCCCCCCCCCCCCCCCCCCCC(=O)OC(CCC)CCCCCC(=O)NCC(=O)O. The Bertz CT molecular complexity index is 653. The van der Waals surface area contributed by atoms with E-state index in [2.05, 4.69) is 19.2 Å². The molecule has 0 radical (unpaired) electrons. The normalized spacial score (nSPS) is 11.9. The van der Waals surface area contributed by atoms with Crippen LogP contribution in [0.15, 0.2) is 0 Å². The smallest absolute Gasteiger partial charge is 0.322 e. The van der Waals surface area contributed by atoms with Crippen molar-refractivity contribution < 1.29 is 24.2 Å². The van der Waals surface area contributed by atoms with Gasteiger partial charge in [-0.3, -0.25) is 14.4 Å². The zero-order chi connectivity index (χ0) is 32.4. The molecule has 0 aliphatic carbocycles. The van der Waals surface area contributed by atoms with Gasteiger partial charge in [0.2, 0.25) is 5.91 Å². The summed E-state index contributed by atoms with van der Waals surface area (Å²) >= 11 is 0. The second-order valence-electron chi connectivity index (χ2n) is 13.2. The summed E-state index contributed by atoms with van der Waals surface area (Å²) in [4.78, 5) is 34.4. The summed E-state index contributed by atoms with van der Waals surface area (Å²) in [5, 5.41) is 11.0. The Kier molecular flexibility index (Phi) is 33.0. The molecule has 2 N–H and O–H groups in total. The van der Waals surface area contributed by atoms with E-state index >= 15 is 0 Å². The first-order chi connectivity index (χ1) is 21.5. The maximum atomic E-state index is 12.3. The molecular formula is C38H73NO5. The van der Waals surface area contributed by atoms with Crippen molar-refractivity contribution in [2.24, 2.45) is 0 Å². The third-order valence-corrected chi connectivity index (χ3v) is 8.76. The summed E-state index contributed by atoms with van der Waals surface area (Å²) in [5.74, 6) is -1.32. The molecule has 260 valence electrons. The number of hydrogen-bond donors (Lipinski definition) is 2. The molecule has 6 nitrogen and oxygen atoms in total. The first-order valence-corrected chi connectivity index (χ1v) is 19.2. The molecule has 6 heteroatoms. The van der Waals surface area contributed by atoms with E-state index < -0.39 is 5.97 Å². The van der Waals surface area contributed by atoms with Crippen LogP contribution < -0.4 is 5.32 Å². The number of hydrogen-bond acceptors (Lipinski definition) is 4. The molecule has 0 bridgehead atoms. The van der Waals surface area contributed by atoms with Gasteiger partial charge in [-0.05, 0) is 32.1 Å². The summed E-state index contributed by atoms with van der Waals surface area (Å²) in [6, 6.07) is 0. The van der Waals surface area contributed by atoms with E-state index in [1.54, 1.807) is 0 Å². The average molecular weight is 624 g/mol. The fourth-order valence-corrected chi connectivity index (χ4v) is 5.98. The zero-order valence-electron chi connectivity index (χ0n) is 29.3. The first-order valence-electron chi connectivity index (χ1n) is 19.2. The molecule has 0 aromatic heterocycles. The average Bonchev–Trinajstić information content (AvgIpc) is 3.00. The van der Waals surface area contributed by atoms with Gasteiger partial charge < -0.3 is 15.2 Å². The lowest BCUT2D eigenvalue weighted by molar-refractivity contribution is -0.150. The van der Waals surface area contributed by atoms with Crippen LogP contribution in [0.1, 0.15) is 213 Å². The highest BCUT2D eigenvalue weighted by Gasteiger charge is 2.13. The van der Waals surface area contributed by atoms with Crippen molar-refractivity contribution in [2.45, 2.75) is 219 Å². The number of rotatable bonds is 35. The van der Waals surface area contributed by atoms with Gasteiger partial charge in [-0.2, -0.15) is 0 Å². The maximum Gasteiger partial charge on any atom is 0.322 e. The lowest BCUT2D eigenvalue weighted by Crippen LogP contribution is -2.28. The van der Waals surface area contributed by atoms with Crippen LogP contribution in [-0.4, -0.2) is 35.6 Å². The molecular weight excluding hydrogens is 550 g/mol. The molecule has 1 atom stereocenters. The molecule has 0 aliphatic rings. The Morgan fingerprint density at radius 3 is 1.30 bits per heavy atom. The molecule has 0 aliphatic heterocycles. The third-order valence-electron chi connectivity index (χ3n) is 8.76. The molecule has 0 fully saturated rings. The number of amides is 1. The van der Waals surface area contributed by atoms with Gasteiger partial charge in [0, 0.05) is 12.8 Å². The molecule has 0 aromatic carbocycles. The Morgan fingerprint density at radius 2 is 0.886 bits per heavy atom. The Morgan fingerprint density at radius 1 is 0.500 bits per heavy atom. The molecule has 0 spiro atoms. The predicted octanol–water partition coefficient (Wildman–Crippen LogP) is 11.2. The Labute approximate surface area is 272 Å². The monoisotopic (exact) mass is 624 g/mol. The van der Waals surface area contributed by atoms with Gasteiger partial charge in [-0.15, -0.1) is 0 Å². The van der Waals surface area contributed by atoms with Gasteiger partial charge in [0.05, 0.1) is 0 Å². The summed E-state index contributed by atoms with van der Waals surface area (Å²) in [6.45, 7) is 4.07. The number of nitrogens with one attached hydrogen (secondary N) is 1. The van der Waals surface area contributed by atoms with Crippen molar-refractivity contribution >= 4 is 17.8 Å². The molecule has 1 amide bonds. The number of carboxylic acid groups (broad SMARTS) is 1. The topological polar surface area (TPSA) is 92.7 Å². The number of ether oxygens (including phenoxy) is 1. The lowest BCUT2D eigenvalue weighted by Gasteiger charge is -2.17. The minimum atomic E-state index is -1.03. The van der Waals surface area contributed by atoms with Crippen molar-refractivity contribution in [2.75, 3.05) is 6.54 Å². The zero-order valence-corrected chi connectivity index (χ0v) is 29.3. The highest BCUT2D eigenvalue weighted by molar-refractivity contribution is 5.80. The molecule has 0 rings (SSSR count). The van der Waals surface area contributed by atoms with Gasteiger partial charge in [-0.1, -0.05) is 168 Å². The molecule has 44 heavy (non-hydrogen) atoms. The van der Waals surface area contributed by atoms with Gasteiger partial charge in [-0.25, -0.2) is 0 Å². The Balaban J connectivity index is 3.46. The van der Waals surface area contributed by atoms with Gasteiger partial charge in [0.15, 0.2) is 0 Å². The molecule has 0 saturated heterocycles. The van der Waals surface area contributed by atoms with E-state index in [0.29, 0.717) is 12.8 Å². The van der Waals surface area contributed by atoms with Crippen LogP contribution in [0.25, 0.3) is 0 Å². The van der Waals surface area contributed by atoms with Crippen LogP contribution >= 0.6 is 0 Å². The van der Waals surface area contributed by atoms with Crippen LogP contribution in [0.3, 0.4) is 0 Å². The van der Waals surface area contributed by atoms with Crippen LogP contribution in [-0.2, 0) is 19.1 Å². The first kappa shape index (κ1) is 42.4.